The molecule has 9 nitrogen and oxygen atoms in total. The van der Waals surface area contributed by atoms with Gasteiger partial charge >= 0.3 is 6.18 Å². The molecule has 1 amide bonds. The number of tetrazole rings is 1. The smallest absolute Gasteiger partial charge is 0.416 e. The molecule has 1 N–H and O–H groups in total. The summed E-state index contributed by atoms with van der Waals surface area (Å²) in [5.41, 5.74) is -0.0243. The molecule has 1 aliphatic rings. The van der Waals surface area contributed by atoms with Gasteiger partial charge in [-0.15, -0.1) is 10.2 Å². The van der Waals surface area contributed by atoms with Crippen LogP contribution in [0.2, 0.25) is 0 Å². The summed E-state index contributed by atoms with van der Waals surface area (Å²) in [4.78, 5) is 17.7. The summed E-state index contributed by atoms with van der Waals surface area (Å²) in [6.45, 7) is 0.637. The fraction of sp³-hybridized carbons (Fsp3) is 0.211. The highest BCUT2D eigenvalue weighted by Gasteiger charge is 2.30. The van der Waals surface area contributed by atoms with Gasteiger partial charge in [-0.25, -0.2) is 4.98 Å². The van der Waals surface area contributed by atoms with Gasteiger partial charge in [0.25, 0.3) is 0 Å². The van der Waals surface area contributed by atoms with Crippen molar-refractivity contribution in [3.8, 4) is 22.9 Å². The maximum Gasteiger partial charge on any atom is 0.416 e. The molecule has 32 heavy (non-hydrogen) atoms. The predicted octanol–water partition coefficient (Wildman–Crippen LogP) is 3.38. The lowest BCUT2D eigenvalue weighted by atomic mass is 10.1. The molecule has 13 heteroatoms. The van der Waals surface area contributed by atoms with E-state index in [-0.39, 0.29) is 17.9 Å². The molecular formula is C19H13F3N6O3S. The van der Waals surface area contributed by atoms with Crippen LogP contribution >= 0.6 is 11.3 Å². The van der Waals surface area contributed by atoms with Crippen molar-refractivity contribution in [3.63, 3.8) is 0 Å². The molecular weight excluding hydrogens is 449 g/mol. The van der Waals surface area contributed by atoms with Crippen molar-refractivity contribution in [2.75, 3.05) is 18.5 Å². The number of nitrogens with one attached hydrogen (secondary N) is 1. The van der Waals surface area contributed by atoms with E-state index in [4.69, 9.17) is 9.47 Å². The van der Waals surface area contributed by atoms with Crippen LogP contribution in [0.4, 0.5) is 18.3 Å². The van der Waals surface area contributed by atoms with Crippen molar-refractivity contribution < 1.29 is 27.4 Å². The van der Waals surface area contributed by atoms with Crippen molar-refractivity contribution in [1.82, 2.24) is 25.2 Å². The average Bonchev–Trinajstić information content (AvgIpc) is 3.37. The van der Waals surface area contributed by atoms with Gasteiger partial charge in [0.1, 0.15) is 19.8 Å². The average molecular weight is 462 g/mol. The SMILES string of the molecule is O=C(Cn1nnc(-c2cccc(C(F)(F)F)c2)n1)Nc1nc2cc3c(cc2s1)OCCO3. The van der Waals surface area contributed by atoms with Crippen molar-refractivity contribution in [3.05, 3.63) is 42.0 Å². The van der Waals surface area contributed by atoms with Crippen molar-refractivity contribution >= 4 is 32.6 Å². The number of aromatic nitrogens is 5. The molecule has 2 aromatic heterocycles. The maximum absolute atomic E-state index is 12.9. The van der Waals surface area contributed by atoms with Gasteiger partial charge in [0.2, 0.25) is 11.7 Å². The van der Waals surface area contributed by atoms with E-state index in [1.54, 1.807) is 12.1 Å². The number of nitrogens with zero attached hydrogens (tertiary/aromatic N) is 5. The number of hydrogen-bond acceptors (Lipinski definition) is 8. The molecule has 5 rings (SSSR count). The quantitative estimate of drug-likeness (QED) is 0.496. The third kappa shape index (κ3) is 4.06. The van der Waals surface area contributed by atoms with Gasteiger partial charge in [-0.2, -0.15) is 18.0 Å². The normalized spacial score (nSPS) is 13.3. The number of rotatable bonds is 4. The van der Waals surface area contributed by atoms with Crippen LogP contribution in [0.3, 0.4) is 0 Å². The number of amides is 1. The molecule has 0 saturated carbocycles. The fourth-order valence-corrected chi connectivity index (χ4v) is 3.96. The van der Waals surface area contributed by atoms with Crippen LogP contribution in [0.5, 0.6) is 11.5 Å². The van der Waals surface area contributed by atoms with Gasteiger partial charge < -0.3 is 14.8 Å². The first-order valence-electron chi connectivity index (χ1n) is 9.31. The lowest BCUT2D eigenvalue weighted by molar-refractivity contribution is -0.137. The second kappa shape index (κ2) is 7.75. The highest BCUT2D eigenvalue weighted by Crippen LogP contribution is 2.37. The lowest BCUT2D eigenvalue weighted by Gasteiger charge is -2.17. The van der Waals surface area contributed by atoms with Crippen LogP contribution in [0.1, 0.15) is 5.56 Å². The number of alkyl halides is 3. The Morgan fingerprint density at radius 3 is 2.72 bits per heavy atom. The van der Waals surface area contributed by atoms with Crippen LogP contribution in [0.25, 0.3) is 21.6 Å². The number of anilines is 1. The molecule has 0 radical (unpaired) electrons. The van der Waals surface area contributed by atoms with Crippen LogP contribution in [0.15, 0.2) is 36.4 Å². The standard InChI is InChI=1S/C19H13F3N6O3S/c20-19(21,22)11-3-1-2-10(6-11)17-25-27-28(26-17)9-16(29)24-18-23-12-7-13-14(8-15(12)32-18)31-5-4-30-13/h1-3,6-8H,4-5,9H2,(H,23,24,29). The number of fused-ring (bicyclic) bond motifs is 2. The second-order valence-corrected chi connectivity index (χ2v) is 7.78. The summed E-state index contributed by atoms with van der Waals surface area (Å²) in [6.07, 6.45) is -4.49. The first-order chi connectivity index (χ1) is 15.3. The van der Waals surface area contributed by atoms with Crippen molar-refractivity contribution in [2.45, 2.75) is 12.7 Å². The fourth-order valence-electron chi connectivity index (χ4n) is 3.07. The largest absolute Gasteiger partial charge is 0.486 e. The third-order valence-electron chi connectivity index (χ3n) is 4.48. The summed E-state index contributed by atoms with van der Waals surface area (Å²) in [5.74, 6) is 0.740. The minimum absolute atomic E-state index is 0.0190. The number of ether oxygens (including phenoxy) is 2. The molecule has 0 spiro atoms. The maximum atomic E-state index is 12.9. The summed E-state index contributed by atoms with van der Waals surface area (Å²) < 4.78 is 50.6. The Bertz CT molecular complexity index is 1280. The summed E-state index contributed by atoms with van der Waals surface area (Å²) >= 11 is 1.26. The topological polar surface area (TPSA) is 104 Å². The third-order valence-corrected chi connectivity index (χ3v) is 5.42. The Balaban J connectivity index is 1.29. The van der Waals surface area contributed by atoms with E-state index in [0.29, 0.717) is 35.4 Å². The molecule has 3 heterocycles. The molecule has 0 fully saturated rings. The van der Waals surface area contributed by atoms with Gasteiger partial charge in [0.15, 0.2) is 16.6 Å². The van der Waals surface area contributed by atoms with Crippen LogP contribution in [-0.4, -0.2) is 44.3 Å². The van der Waals surface area contributed by atoms with Crippen molar-refractivity contribution in [1.29, 1.82) is 0 Å². The Morgan fingerprint density at radius 2 is 1.94 bits per heavy atom. The second-order valence-electron chi connectivity index (χ2n) is 6.75. The Morgan fingerprint density at radius 1 is 1.16 bits per heavy atom. The number of carbonyl (C=O) groups is 1. The van der Waals surface area contributed by atoms with Crippen molar-refractivity contribution in [2.24, 2.45) is 0 Å². The molecule has 0 unspecified atom stereocenters. The summed E-state index contributed by atoms with van der Waals surface area (Å²) in [5, 5.41) is 14.5. The molecule has 1 aliphatic heterocycles. The molecule has 4 aromatic rings. The van der Waals surface area contributed by atoms with E-state index in [0.717, 1.165) is 21.6 Å². The van der Waals surface area contributed by atoms with Crippen LogP contribution < -0.4 is 14.8 Å². The first-order valence-corrected chi connectivity index (χ1v) is 10.1. The molecule has 0 bridgehead atoms. The van der Waals surface area contributed by atoms with E-state index >= 15 is 0 Å². The zero-order chi connectivity index (χ0) is 22.3. The van der Waals surface area contributed by atoms with Gasteiger partial charge in [-0.1, -0.05) is 23.5 Å². The van der Waals surface area contributed by atoms with Gasteiger partial charge in [0.05, 0.1) is 15.8 Å². The number of hydrogen-bond donors (Lipinski definition) is 1. The molecule has 164 valence electrons. The minimum Gasteiger partial charge on any atom is -0.486 e. The summed E-state index contributed by atoms with van der Waals surface area (Å²) in [6, 6.07) is 8.12. The highest BCUT2D eigenvalue weighted by atomic mass is 32.1. The zero-order valence-electron chi connectivity index (χ0n) is 16.1. The van der Waals surface area contributed by atoms with E-state index in [1.165, 1.54) is 23.5 Å². The molecule has 0 aliphatic carbocycles. The number of thiazole rings is 1. The van der Waals surface area contributed by atoms with E-state index in [1.807, 2.05) is 0 Å². The molecule has 0 saturated heterocycles. The zero-order valence-corrected chi connectivity index (χ0v) is 16.9. The van der Waals surface area contributed by atoms with E-state index < -0.39 is 17.6 Å². The van der Waals surface area contributed by atoms with E-state index in [9.17, 15) is 18.0 Å². The Hall–Kier alpha value is -3.74. The first kappa shape index (κ1) is 20.2. The van der Waals surface area contributed by atoms with E-state index in [2.05, 4.69) is 25.7 Å². The number of benzene rings is 2. The number of halogens is 3. The highest BCUT2D eigenvalue weighted by molar-refractivity contribution is 7.22. The van der Waals surface area contributed by atoms with Gasteiger partial charge in [-0.3, -0.25) is 4.79 Å². The Labute approximate surface area is 181 Å². The molecule has 2 aromatic carbocycles. The predicted molar refractivity (Wildman–Crippen MR) is 107 cm³/mol. The van der Waals surface area contributed by atoms with Crippen LogP contribution in [-0.2, 0) is 17.5 Å². The lowest BCUT2D eigenvalue weighted by Crippen LogP contribution is -2.20. The number of carbonyl (C=O) groups excluding carboxylic acids is 1. The molecule has 0 atom stereocenters. The summed E-state index contributed by atoms with van der Waals surface area (Å²) in [7, 11) is 0. The Kier molecular flexibility index (Phi) is 4.89. The van der Waals surface area contributed by atoms with Gasteiger partial charge in [-0.05, 0) is 17.3 Å². The van der Waals surface area contributed by atoms with Gasteiger partial charge in [0, 0.05) is 17.7 Å². The monoisotopic (exact) mass is 462 g/mol. The minimum atomic E-state index is -4.49. The van der Waals surface area contributed by atoms with Crippen LogP contribution in [0, 0.1) is 0 Å².